The third-order valence-electron chi connectivity index (χ3n) is 1.42. The highest BCUT2D eigenvalue weighted by molar-refractivity contribution is 9.09. The summed E-state index contributed by atoms with van der Waals surface area (Å²) in [6, 6.07) is 1.91. The van der Waals surface area contributed by atoms with Crippen molar-refractivity contribution in [1.29, 1.82) is 0 Å². The van der Waals surface area contributed by atoms with Crippen molar-refractivity contribution in [1.82, 2.24) is 9.97 Å². The number of hydrogen-bond donors (Lipinski definition) is 0. The van der Waals surface area contributed by atoms with Crippen LogP contribution in [0.15, 0.2) is 18.6 Å². The van der Waals surface area contributed by atoms with Gasteiger partial charge >= 0.3 is 0 Å². The second-order valence-electron chi connectivity index (χ2n) is 2.46. The number of ether oxygens (including phenoxy) is 1. The van der Waals surface area contributed by atoms with Crippen molar-refractivity contribution in [2.45, 2.75) is 11.2 Å². The van der Waals surface area contributed by atoms with Gasteiger partial charge in [-0.3, -0.25) is 0 Å². The molecule has 3 nitrogen and oxygen atoms in total. The molecule has 0 aromatic carbocycles. The number of nitrogens with zero attached hydrogens (tertiary/aromatic N) is 2. The van der Waals surface area contributed by atoms with Crippen LogP contribution in [-0.4, -0.2) is 28.5 Å². The van der Waals surface area contributed by atoms with Crippen molar-refractivity contribution in [2.24, 2.45) is 0 Å². The molecule has 1 rings (SSSR count). The van der Waals surface area contributed by atoms with Crippen LogP contribution in [0.25, 0.3) is 0 Å². The second kappa shape index (κ2) is 5.22. The van der Waals surface area contributed by atoms with Crippen molar-refractivity contribution in [3.63, 3.8) is 0 Å². The van der Waals surface area contributed by atoms with E-state index in [1.165, 1.54) is 0 Å². The molecule has 0 amide bonds. The number of hydrogen-bond acceptors (Lipinski definition) is 3. The van der Waals surface area contributed by atoms with Crippen LogP contribution >= 0.6 is 15.9 Å². The molecule has 0 aliphatic carbocycles. The van der Waals surface area contributed by atoms with E-state index in [2.05, 4.69) is 25.9 Å². The zero-order chi connectivity index (χ0) is 8.81. The Morgan fingerprint density at radius 2 is 2.50 bits per heavy atom. The topological polar surface area (TPSA) is 35.0 Å². The molecule has 1 atom stereocenters. The van der Waals surface area contributed by atoms with Crippen LogP contribution in [0.3, 0.4) is 0 Å². The normalized spacial score (nSPS) is 12.8. The lowest BCUT2D eigenvalue weighted by Gasteiger charge is -2.06. The van der Waals surface area contributed by atoms with E-state index >= 15 is 0 Å². The molecular formula is C8H11BrN2O. The van der Waals surface area contributed by atoms with Gasteiger partial charge in [-0.25, -0.2) is 9.97 Å². The minimum atomic E-state index is 0.331. The SMILES string of the molecule is COCC(Br)Cc1ccncn1. The van der Waals surface area contributed by atoms with Gasteiger partial charge in [-0.1, -0.05) is 15.9 Å². The predicted octanol–water partition coefficient (Wildman–Crippen LogP) is 1.43. The maximum atomic E-state index is 4.99. The fourth-order valence-electron chi connectivity index (χ4n) is 0.906. The third kappa shape index (κ3) is 3.28. The minimum absolute atomic E-state index is 0.331. The maximum Gasteiger partial charge on any atom is 0.115 e. The Kier molecular flexibility index (Phi) is 4.18. The predicted molar refractivity (Wildman–Crippen MR) is 50.3 cm³/mol. The van der Waals surface area contributed by atoms with Gasteiger partial charge in [0.25, 0.3) is 0 Å². The number of aromatic nitrogens is 2. The highest BCUT2D eigenvalue weighted by Gasteiger charge is 2.04. The van der Waals surface area contributed by atoms with Gasteiger partial charge in [-0.2, -0.15) is 0 Å². The van der Waals surface area contributed by atoms with Gasteiger partial charge < -0.3 is 4.74 Å². The molecule has 0 aliphatic rings. The molecule has 0 bridgehead atoms. The molecule has 0 spiro atoms. The Morgan fingerprint density at radius 3 is 3.08 bits per heavy atom. The molecule has 1 unspecified atom stereocenters. The first kappa shape index (κ1) is 9.61. The fourth-order valence-corrected chi connectivity index (χ4v) is 1.50. The zero-order valence-electron chi connectivity index (χ0n) is 6.90. The average molecular weight is 231 g/mol. The van der Waals surface area contributed by atoms with E-state index in [9.17, 15) is 0 Å². The van der Waals surface area contributed by atoms with Crippen LogP contribution in [0, 0.1) is 0 Å². The first-order chi connectivity index (χ1) is 5.83. The van der Waals surface area contributed by atoms with Crippen LogP contribution in [-0.2, 0) is 11.2 Å². The number of alkyl halides is 1. The van der Waals surface area contributed by atoms with Crippen LogP contribution in [0.5, 0.6) is 0 Å². The molecular weight excluding hydrogens is 220 g/mol. The van der Waals surface area contributed by atoms with Crippen molar-refractivity contribution in [3.05, 3.63) is 24.3 Å². The minimum Gasteiger partial charge on any atom is -0.384 e. The fraction of sp³-hybridized carbons (Fsp3) is 0.500. The standard InChI is InChI=1S/C8H11BrN2O/c1-12-5-7(9)4-8-2-3-10-6-11-8/h2-3,6-7H,4-5H2,1H3. The van der Waals surface area contributed by atoms with Crippen LogP contribution < -0.4 is 0 Å². The van der Waals surface area contributed by atoms with Crippen molar-refractivity contribution >= 4 is 15.9 Å². The summed E-state index contributed by atoms with van der Waals surface area (Å²) < 4.78 is 4.99. The molecule has 0 radical (unpaired) electrons. The lowest BCUT2D eigenvalue weighted by Crippen LogP contribution is -2.10. The Morgan fingerprint density at radius 1 is 1.67 bits per heavy atom. The molecule has 0 saturated heterocycles. The molecule has 4 heteroatoms. The molecule has 1 heterocycles. The van der Waals surface area contributed by atoms with Gasteiger partial charge in [0.1, 0.15) is 6.33 Å². The van der Waals surface area contributed by atoms with Gasteiger partial charge in [-0.05, 0) is 6.07 Å². The second-order valence-corrected chi connectivity index (χ2v) is 3.75. The first-order valence-corrected chi connectivity index (χ1v) is 4.62. The summed E-state index contributed by atoms with van der Waals surface area (Å²) in [6.07, 6.45) is 4.17. The molecule has 1 aromatic heterocycles. The van der Waals surface area contributed by atoms with Gasteiger partial charge in [0, 0.05) is 30.2 Å². The Bertz CT molecular complexity index is 218. The van der Waals surface area contributed by atoms with Crippen molar-refractivity contribution in [2.75, 3.05) is 13.7 Å². The van der Waals surface area contributed by atoms with E-state index in [-0.39, 0.29) is 0 Å². The van der Waals surface area contributed by atoms with Crippen molar-refractivity contribution < 1.29 is 4.74 Å². The van der Waals surface area contributed by atoms with Crippen molar-refractivity contribution in [3.8, 4) is 0 Å². The van der Waals surface area contributed by atoms with E-state index in [0.717, 1.165) is 12.1 Å². The highest BCUT2D eigenvalue weighted by Crippen LogP contribution is 2.06. The third-order valence-corrected chi connectivity index (χ3v) is 2.01. The number of methoxy groups -OCH3 is 1. The zero-order valence-corrected chi connectivity index (χ0v) is 8.49. The summed E-state index contributed by atoms with van der Waals surface area (Å²) in [5, 5.41) is 0. The average Bonchev–Trinajstić information content (AvgIpc) is 2.06. The van der Waals surface area contributed by atoms with Crippen LogP contribution in [0.2, 0.25) is 0 Å². The first-order valence-electron chi connectivity index (χ1n) is 3.71. The van der Waals surface area contributed by atoms with E-state index < -0.39 is 0 Å². The lowest BCUT2D eigenvalue weighted by atomic mass is 10.2. The van der Waals surface area contributed by atoms with Crippen LogP contribution in [0.4, 0.5) is 0 Å². The largest absolute Gasteiger partial charge is 0.384 e. The molecule has 66 valence electrons. The monoisotopic (exact) mass is 230 g/mol. The smallest absolute Gasteiger partial charge is 0.115 e. The van der Waals surface area contributed by atoms with E-state index in [1.807, 2.05) is 6.07 Å². The van der Waals surface area contributed by atoms with E-state index in [4.69, 9.17) is 4.74 Å². The van der Waals surface area contributed by atoms with Crippen LogP contribution in [0.1, 0.15) is 5.69 Å². The molecule has 1 aromatic rings. The lowest BCUT2D eigenvalue weighted by molar-refractivity contribution is 0.200. The van der Waals surface area contributed by atoms with Gasteiger partial charge in [0.2, 0.25) is 0 Å². The number of halogens is 1. The molecule has 0 fully saturated rings. The van der Waals surface area contributed by atoms with Gasteiger partial charge in [0.15, 0.2) is 0 Å². The molecule has 12 heavy (non-hydrogen) atoms. The van der Waals surface area contributed by atoms with Gasteiger partial charge in [0.05, 0.1) is 6.61 Å². The summed E-state index contributed by atoms with van der Waals surface area (Å²) in [7, 11) is 1.69. The summed E-state index contributed by atoms with van der Waals surface area (Å²) in [5.41, 5.74) is 1.03. The summed E-state index contributed by atoms with van der Waals surface area (Å²) >= 11 is 3.49. The molecule has 0 saturated carbocycles. The summed E-state index contributed by atoms with van der Waals surface area (Å²) in [4.78, 5) is 8.28. The number of rotatable bonds is 4. The quantitative estimate of drug-likeness (QED) is 0.735. The summed E-state index contributed by atoms with van der Waals surface area (Å²) in [6.45, 7) is 0.698. The van der Waals surface area contributed by atoms with E-state index in [0.29, 0.717) is 11.4 Å². The highest BCUT2D eigenvalue weighted by atomic mass is 79.9. The van der Waals surface area contributed by atoms with E-state index in [1.54, 1.807) is 19.6 Å². The summed E-state index contributed by atoms with van der Waals surface area (Å²) in [5.74, 6) is 0. The van der Waals surface area contributed by atoms with Gasteiger partial charge in [-0.15, -0.1) is 0 Å². The Labute approximate surface area is 80.3 Å². The molecule has 0 N–H and O–H groups in total. The Balaban J connectivity index is 2.41. The molecule has 0 aliphatic heterocycles. The maximum absolute atomic E-state index is 4.99. The Hall–Kier alpha value is -0.480.